The van der Waals surface area contributed by atoms with Crippen LogP contribution in [0.2, 0.25) is 0 Å². The summed E-state index contributed by atoms with van der Waals surface area (Å²) in [6.45, 7) is 1.26. The summed E-state index contributed by atoms with van der Waals surface area (Å²) < 4.78 is 10.2. The average Bonchev–Trinajstić information content (AvgIpc) is 2.87. The summed E-state index contributed by atoms with van der Waals surface area (Å²) in [5.74, 6) is 1.68. The minimum absolute atomic E-state index is 0.331. The Kier molecular flexibility index (Phi) is 3.94. The number of pyridine rings is 1. The van der Waals surface area contributed by atoms with Crippen LogP contribution < -0.4 is 10.1 Å². The molecule has 0 radical (unpaired) electrons. The highest BCUT2D eigenvalue weighted by Crippen LogP contribution is 2.08. The van der Waals surface area contributed by atoms with Crippen LogP contribution in [0, 0.1) is 11.3 Å². The second kappa shape index (κ2) is 5.84. The van der Waals surface area contributed by atoms with E-state index in [9.17, 15) is 0 Å². The van der Waals surface area contributed by atoms with E-state index >= 15 is 0 Å². The molecule has 0 fully saturated rings. The number of ether oxygens (including phenoxy) is 1. The van der Waals surface area contributed by atoms with Crippen LogP contribution in [-0.4, -0.2) is 12.1 Å². The fourth-order valence-electron chi connectivity index (χ4n) is 1.50. The molecule has 0 aliphatic rings. The normalized spacial score (nSPS) is 10.0. The molecule has 0 spiro atoms. The van der Waals surface area contributed by atoms with E-state index in [1.165, 1.54) is 0 Å². The molecule has 2 heterocycles. The van der Waals surface area contributed by atoms with Gasteiger partial charge < -0.3 is 14.5 Å². The van der Waals surface area contributed by atoms with Crippen molar-refractivity contribution in [2.24, 2.45) is 0 Å². The molecule has 0 bridgehead atoms. The molecule has 0 amide bonds. The number of rotatable bonds is 5. The van der Waals surface area contributed by atoms with Crippen molar-refractivity contribution >= 4 is 0 Å². The maximum Gasteiger partial charge on any atom is 0.212 e. The predicted octanol–water partition coefficient (Wildman–Crippen LogP) is 1.84. The molecule has 2 aromatic heterocycles. The average molecular weight is 243 g/mol. The quantitative estimate of drug-likeness (QED) is 0.867. The largest absolute Gasteiger partial charge is 0.481 e. The first kappa shape index (κ1) is 12.1. The van der Waals surface area contributed by atoms with Gasteiger partial charge in [-0.15, -0.1) is 0 Å². The number of nitrogens with zero attached hydrogens (tertiary/aromatic N) is 2. The maximum atomic E-state index is 8.62. The van der Waals surface area contributed by atoms with E-state index in [4.69, 9.17) is 14.4 Å². The van der Waals surface area contributed by atoms with Crippen molar-refractivity contribution in [2.75, 3.05) is 7.11 Å². The third-order valence-electron chi connectivity index (χ3n) is 2.41. The Hall–Kier alpha value is -2.32. The molecule has 5 nitrogen and oxygen atoms in total. The second-order valence-electron chi connectivity index (χ2n) is 3.69. The third kappa shape index (κ3) is 3.09. The Bertz CT molecular complexity index is 540. The van der Waals surface area contributed by atoms with Gasteiger partial charge in [0.05, 0.1) is 13.7 Å². The van der Waals surface area contributed by atoms with Gasteiger partial charge in [-0.1, -0.05) is 6.07 Å². The molecular weight excluding hydrogens is 230 g/mol. The van der Waals surface area contributed by atoms with Gasteiger partial charge in [0, 0.05) is 18.8 Å². The van der Waals surface area contributed by atoms with Crippen LogP contribution in [0.5, 0.6) is 5.88 Å². The minimum Gasteiger partial charge on any atom is -0.481 e. The van der Waals surface area contributed by atoms with E-state index in [1.54, 1.807) is 25.4 Å². The van der Waals surface area contributed by atoms with Crippen molar-refractivity contribution in [3.8, 4) is 11.9 Å². The van der Waals surface area contributed by atoms with Gasteiger partial charge in [0.25, 0.3) is 0 Å². The lowest BCUT2D eigenvalue weighted by atomic mass is 10.3. The van der Waals surface area contributed by atoms with Gasteiger partial charge >= 0.3 is 0 Å². The summed E-state index contributed by atoms with van der Waals surface area (Å²) in [5, 5.41) is 11.8. The zero-order valence-corrected chi connectivity index (χ0v) is 10.0. The molecule has 0 aliphatic heterocycles. The van der Waals surface area contributed by atoms with E-state index in [1.807, 2.05) is 18.2 Å². The molecule has 0 saturated carbocycles. The highest BCUT2D eigenvalue weighted by atomic mass is 16.5. The number of nitrogens with one attached hydrogen (secondary N) is 1. The van der Waals surface area contributed by atoms with Gasteiger partial charge in [0.15, 0.2) is 0 Å². The van der Waals surface area contributed by atoms with Crippen molar-refractivity contribution in [1.29, 1.82) is 5.26 Å². The van der Waals surface area contributed by atoms with Gasteiger partial charge in [-0.2, -0.15) is 5.26 Å². The van der Waals surface area contributed by atoms with E-state index < -0.39 is 0 Å². The Morgan fingerprint density at radius 3 is 2.83 bits per heavy atom. The fourth-order valence-corrected chi connectivity index (χ4v) is 1.50. The number of hydrogen-bond donors (Lipinski definition) is 1. The highest BCUT2D eigenvalue weighted by Gasteiger charge is 2.01. The number of hydrogen-bond acceptors (Lipinski definition) is 5. The van der Waals surface area contributed by atoms with E-state index in [0.29, 0.717) is 24.7 Å². The molecule has 2 aromatic rings. The van der Waals surface area contributed by atoms with E-state index in [0.717, 1.165) is 11.3 Å². The summed E-state index contributed by atoms with van der Waals surface area (Å²) in [6, 6.07) is 9.16. The minimum atomic E-state index is 0.331. The third-order valence-corrected chi connectivity index (χ3v) is 2.41. The van der Waals surface area contributed by atoms with Gasteiger partial charge in [0.1, 0.15) is 11.8 Å². The standard InChI is InChI=1S/C13H13N3O2/c1-17-13-5-2-10(8-16-13)7-15-9-12-4-3-11(6-14)18-12/h2-5,8,15H,7,9H2,1H3. The Balaban J connectivity index is 1.82. The number of furan rings is 1. The second-order valence-corrected chi connectivity index (χ2v) is 3.69. The lowest BCUT2D eigenvalue weighted by Gasteiger charge is -2.03. The number of methoxy groups -OCH3 is 1. The highest BCUT2D eigenvalue weighted by molar-refractivity contribution is 5.19. The summed E-state index contributed by atoms with van der Waals surface area (Å²) in [5.41, 5.74) is 1.06. The van der Waals surface area contributed by atoms with Gasteiger partial charge in [-0.25, -0.2) is 4.98 Å². The first-order chi connectivity index (χ1) is 8.81. The zero-order valence-electron chi connectivity index (χ0n) is 10.0. The van der Waals surface area contributed by atoms with Gasteiger partial charge in [-0.05, 0) is 17.7 Å². The molecular formula is C13H13N3O2. The van der Waals surface area contributed by atoms with Crippen molar-refractivity contribution in [2.45, 2.75) is 13.1 Å². The number of aromatic nitrogens is 1. The monoisotopic (exact) mass is 243 g/mol. The van der Waals surface area contributed by atoms with Crippen LogP contribution >= 0.6 is 0 Å². The first-order valence-corrected chi connectivity index (χ1v) is 5.50. The fraction of sp³-hybridized carbons (Fsp3) is 0.231. The SMILES string of the molecule is COc1ccc(CNCc2ccc(C#N)o2)cn1. The maximum absolute atomic E-state index is 8.62. The Morgan fingerprint density at radius 2 is 2.22 bits per heavy atom. The van der Waals surface area contributed by atoms with Gasteiger partial charge in [0.2, 0.25) is 11.6 Å². The van der Waals surface area contributed by atoms with Crippen molar-refractivity contribution in [3.63, 3.8) is 0 Å². The summed E-state index contributed by atoms with van der Waals surface area (Å²) in [4.78, 5) is 4.11. The topological polar surface area (TPSA) is 71.1 Å². The molecule has 92 valence electrons. The predicted molar refractivity (Wildman–Crippen MR) is 64.8 cm³/mol. The summed E-state index contributed by atoms with van der Waals surface area (Å²) >= 11 is 0. The van der Waals surface area contributed by atoms with Crippen molar-refractivity contribution in [3.05, 3.63) is 47.5 Å². The molecule has 0 atom stereocenters. The van der Waals surface area contributed by atoms with E-state index in [2.05, 4.69) is 10.3 Å². The summed E-state index contributed by atoms with van der Waals surface area (Å²) in [6.07, 6.45) is 1.76. The Labute approximate surface area is 105 Å². The molecule has 0 aromatic carbocycles. The molecule has 18 heavy (non-hydrogen) atoms. The summed E-state index contributed by atoms with van der Waals surface area (Å²) in [7, 11) is 1.59. The van der Waals surface area contributed by atoms with Crippen molar-refractivity contribution in [1.82, 2.24) is 10.3 Å². The molecule has 5 heteroatoms. The molecule has 0 unspecified atom stereocenters. The first-order valence-electron chi connectivity index (χ1n) is 5.50. The van der Waals surface area contributed by atoms with E-state index in [-0.39, 0.29) is 0 Å². The smallest absolute Gasteiger partial charge is 0.212 e. The molecule has 2 rings (SSSR count). The molecule has 1 N–H and O–H groups in total. The van der Waals surface area contributed by atoms with Crippen LogP contribution in [0.4, 0.5) is 0 Å². The van der Waals surface area contributed by atoms with Crippen LogP contribution in [0.25, 0.3) is 0 Å². The van der Waals surface area contributed by atoms with Crippen LogP contribution in [0.1, 0.15) is 17.1 Å². The zero-order chi connectivity index (χ0) is 12.8. The van der Waals surface area contributed by atoms with Crippen molar-refractivity contribution < 1.29 is 9.15 Å². The van der Waals surface area contributed by atoms with Crippen LogP contribution in [-0.2, 0) is 13.1 Å². The van der Waals surface area contributed by atoms with Gasteiger partial charge in [-0.3, -0.25) is 0 Å². The Morgan fingerprint density at radius 1 is 1.33 bits per heavy atom. The molecule has 0 saturated heterocycles. The van der Waals surface area contributed by atoms with Crippen LogP contribution in [0.15, 0.2) is 34.9 Å². The lowest BCUT2D eigenvalue weighted by Crippen LogP contribution is -2.12. The lowest BCUT2D eigenvalue weighted by molar-refractivity contribution is 0.397. The number of nitriles is 1. The molecule has 0 aliphatic carbocycles. The van der Waals surface area contributed by atoms with Crippen LogP contribution in [0.3, 0.4) is 0 Å².